The first-order valence-corrected chi connectivity index (χ1v) is 7.22. The fraction of sp³-hybridized carbons (Fsp3) is 0. The summed E-state index contributed by atoms with van der Waals surface area (Å²) >= 11 is 1.31. The normalized spacial score (nSPS) is 10.9. The Kier molecular flexibility index (Phi) is 3.97. The third kappa shape index (κ3) is 3.21. The maximum absolute atomic E-state index is 10.6. The van der Waals surface area contributed by atoms with Crippen molar-refractivity contribution >= 4 is 29.1 Å². The van der Waals surface area contributed by atoms with Gasteiger partial charge in [0.05, 0.1) is 10.6 Å². The molecule has 1 heterocycles. The van der Waals surface area contributed by atoms with E-state index in [0.717, 1.165) is 22.5 Å². The molecule has 0 unspecified atom stereocenters. The Morgan fingerprint density at radius 3 is 2.41 bits per heavy atom. The molecule has 0 aliphatic carbocycles. The molecule has 22 heavy (non-hydrogen) atoms. The summed E-state index contributed by atoms with van der Waals surface area (Å²) in [4.78, 5) is 14.5. The minimum absolute atomic E-state index is 0.0679. The number of nitrogens with zero attached hydrogens (tertiary/aromatic N) is 4. The highest BCUT2D eigenvalue weighted by Gasteiger charge is 2.03. The van der Waals surface area contributed by atoms with E-state index < -0.39 is 4.92 Å². The van der Waals surface area contributed by atoms with E-state index in [-0.39, 0.29) is 5.69 Å². The van der Waals surface area contributed by atoms with E-state index in [4.69, 9.17) is 0 Å². The lowest BCUT2D eigenvalue weighted by Gasteiger charge is -1.97. The summed E-state index contributed by atoms with van der Waals surface area (Å²) in [6.45, 7) is 0. The Morgan fingerprint density at radius 2 is 1.82 bits per heavy atom. The molecular weight excluding hydrogens is 300 g/mol. The molecule has 0 N–H and O–H groups in total. The molecule has 1 aromatic heterocycles. The number of nitro benzene ring substituents is 1. The van der Waals surface area contributed by atoms with Gasteiger partial charge in [0.2, 0.25) is 0 Å². The second-order valence-electron chi connectivity index (χ2n) is 4.44. The van der Waals surface area contributed by atoms with Crippen LogP contribution in [0, 0.1) is 10.1 Å². The maximum Gasteiger partial charge on any atom is 0.269 e. The quantitative estimate of drug-likeness (QED) is 0.416. The molecule has 0 aliphatic rings. The molecule has 0 aliphatic heterocycles. The van der Waals surface area contributed by atoms with Crippen molar-refractivity contribution in [1.82, 2.24) is 9.59 Å². The van der Waals surface area contributed by atoms with E-state index in [1.807, 2.05) is 29.6 Å². The van der Waals surface area contributed by atoms with Gasteiger partial charge < -0.3 is 0 Å². The molecule has 0 saturated carbocycles. The molecule has 3 rings (SSSR count). The second kappa shape index (κ2) is 6.23. The van der Waals surface area contributed by atoms with Gasteiger partial charge in [-0.2, -0.15) is 0 Å². The van der Waals surface area contributed by atoms with E-state index in [9.17, 15) is 10.1 Å². The summed E-state index contributed by atoms with van der Waals surface area (Å²) < 4.78 is 3.83. The van der Waals surface area contributed by atoms with Crippen molar-refractivity contribution in [3.8, 4) is 11.3 Å². The average molecular weight is 310 g/mol. The van der Waals surface area contributed by atoms with Gasteiger partial charge in [0, 0.05) is 29.3 Å². The van der Waals surface area contributed by atoms with Gasteiger partial charge in [0.25, 0.3) is 5.69 Å². The van der Waals surface area contributed by atoms with E-state index >= 15 is 0 Å². The number of aliphatic imine (C=N–C) groups is 1. The molecule has 108 valence electrons. The van der Waals surface area contributed by atoms with Crippen LogP contribution >= 0.6 is 11.5 Å². The van der Waals surface area contributed by atoms with Crippen molar-refractivity contribution in [3.63, 3.8) is 0 Å². The van der Waals surface area contributed by atoms with Crippen LogP contribution in [-0.4, -0.2) is 20.7 Å². The van der Waals surface area contributed by atoms with Crippen LogP contribution in [-0.2, 0) is 0 Å². The fourth-order valence-corrected chi connectivity index (χ4v) is 2.31. The van der Waals surface area contributed by atoms with E-state index in [1.165, 1.54) is 23.7 Å². The largest absolute Gasteiger partial charge is 0.269 e. The highest BCUT2D eigenvalue weighted by molar-refractivity contribution is 7.03. The highest BCUT2D eigenvalue weighted by Crippen LogP contribution is 2.21. The summed E-state index contributed by atoms with van der Waals surface area (Å²) in [5.74, 6) is 0. The predicted molar refractivity (Wildman–Crippen MR) is 85.7 cm³/mol. The lowest BCUT2D eigenvalue weighted by molar-refractivity contribution is -0.384. The van der Waals surface area contributed by atoms with Gasteiger partial charge in [-0.1, -0.05) is 16.6 Å². The van der Waals surface area contributed by atoms with Gasteiger partial charge in [-0.15, -0.1) is 5.10 Å². The first-order valence-electron chi connectivity index (χ1n) is 6.38. The number of rotatable bonds is 4. The summed E-state index contributed by atoms with van der Waals surface area (Å²) in [6.07, 6.45) is 1.67. The number of benzene rings is 2. The Bertz CT molecular complexity index is 797. The predicted octanol–water partition coefficient (Wildman–Crippen LogP) is 3.86. The summed E-state index contributed by atoms with van der Waals surface area (Å²) in [7, 11) is 0. The molecule has 0 bridgehead atoms. The molecule has 0 saturated heterocycles. The molecular formula is C15H10N4O2S. The SMILES string of the molecule is O=[N+]([O-])c1ccc(C=Nc2ccc(-c3csnn3)cc2)cc1. The monoisotopic (exact) mass is 310 g/mol. The van der Waals surface area contributed by atoms with Crippen LogP contribution in [0.1, 0.15) is 5.56 Å². The Balaban J connectivity index is 1.73. The smallest absolute Gasteiger partial charge is 0.258 e. The van der Waals surface area contributed by atoms with Gasteiger partial charge in [-0.3, -0.25) is 15.1 Å². The van der Waals surface area contributed by atoms with Crippen LogP contribution in [0.15, 0.2) is 58.9 Å². The number of hydrogen-bond donors (Lipinski definition) is 0. The zero-order chi connectivity index (χ0) is 15.4. The third-order valence-corrected chi connectivity index (χ3v) is 3.49. The minimum Gasteiger partial charge on any atom is -0.258 e. The zero-order valence-corrected chi connectivity index (χ0v) is 12.1. The van der Waals surface area contributed by atoms with Crippen molar-refractivity contribution in [2.75, 3.05) is 0 Å². The topological polar surface area (TPSA) is 81.3 Å². The lowest BCUT2D eigenvalue weighted by atomic mass is 10.1. The first-order chi connectivity index (χ1) is 10.7. The van der Waals surface area contributed by atoms with Crippen molar-refractivity contribution in [3.05, 3.63) is 69.6 Å². The zero-order valence-electron chi connectivity index (χ0n) is 11.3. The Labute approximate surface area is 130 Å². The fourth-order valence-electron chi connectivity index (χ4n) is 1.84. The molecule has 6 nitrogen and oxygen atoms in total. The third-order valence-electron chi connectivity index (χ3n) is 2.99. The second-order valence-corrected chi connectivity index (χ2v) is 5.05. The Morgan fingerprint density at radius 1 is 1.09 bits per heavy atom. The standard InChI is InChI=1S/C15H10N4O2S/c20-19(21)14-7-1-11(2-8-14)9-16-13-5-3-12(4-6-13)15-10-22-18-17-15/h1-10H. The van der Waals surface area contributed by atoms with Crippen LogP contribution in [0.3, 0.4) is 0 Å². The van der Waals surface area contributed by atoms with Crippen LogP contribution in [0.5, 0.6) is 0 Å². The number of nitro groups is 1. The van der Waals surface area contributed by atoms with Crippen molar-refractivity contribution in [1.29, 1.82) is 0 Å². The van der Waals surface area contributed by atoms with E-state index in [1.54, 1.807) is 18.3 Å². The molecule has 0 spiro atoms. The van der Waals surface area contributed by atoms with Crippen molar-refractivity contribution in [2.45, 2.75) is 0 Å². The van der Waals surface area contributed by atoms with Crippen LogP contribution in [0.25, 0.3) is 11.3 Å². The molecule has 0 amide bonds. The first kappa shape index (κ1) is 14.0. The highest BCUT2D eigenvalue weighted by atomic mass is 32.1. The average Bonchev–Trinajstić information content (AvgIpc) is 3.08. The van der Waals surface area contributed by atoms with Crippen LogP contribution in [0.2, 0.25) is 0 Å². The molecule has 0 radical (unpaired) electrons. The minimum atomic E-state index is -0.424. The van der Waals surface area contributed by atoms with Crippen molar-refractivity contribution < 1.29 is 4.92 Å². The lowest BCUT2D eigenvalue weighted by Crippen LogP contribution is -1.88. The molecule has 3 aromatic rings. The Hall–Kier alpha value is -2.93. The van der Waals surface area contributed by atoms with Gasteiger partial charge in [-0.25, -0.2) is 0 Å². The maximum atomic E-state index is 10.6. The molecule has 2 aromatic carbocycles. The van der Waals surface area contributed by atoms with Crippen LogP contribution in [0.4, 0.5) is 11.4 Å². The molecule has 0 atom stereocenters. The van der Waals surface area contributed by atoms with Gasteiger partial charge >= 0.3 is 0 Å². The number of hydrogen-bond acceptors (Lipinski definition) is 6. The van der Waals surface area contributed by atoms with E-state index in [2.05, 4.69) is 14.6 Å². The van der Waals surface area contributed by atoms with Gasteiger partial charge in [0.15, 0.2) is 0 Å². The number of non-ortho nitro benzene ring substituents is 1. The molecule has 0 fully saturated rings. The van der Waals surface area contributed by atoms with Crippen LogP contribution < -0.4 is 0 Å². The van der Waals surface area contributed by atoms with E-state index in [0.29, 0.717) is 0 Å². The summed E-state index contributed by atoms with van der Waals surface area (Å²) in [5.41, 5.74) is 3.50. The van der Waals surface area contributed by atoms with Gasteiger partial charge in [-0.05, 0) is 41.4 Å². The van der Waals surface area contributed by atoms with Crippen molar-refractivity contribution in [2.24, 2.45) is 4.99 Å². The van der Waals surface area contributed by atoms with Gasteiger partial charge in [0.1, 0.15) is 5.69 Å². The molecule has 7 heteroatoms. The summed E-state index contributed by atoms with van der Waals surface area (Å²) in [5, 5.41) is 16.5. The summed E-state index contributed by atoms with van der Waals surface area (Å²) in [6, 6.07) is 13.9. The number of aromatic nitrogens is 2.